The van der Waals surface area contributed by atoms with Gasteiger partial charge in [0.1, 0.15) is 0 Å². The van der Waals surface area contributed by atoms with Crippen LogP contribution in [0.25, 0.3) is 0 Å². The summed E-state index contributed by atoms with van der Waals surface area (Å²) in [6.07, 6.45) is 0.348. The molecular formula is C10H10Cl3NO2. The van der Waals surface area contributed by atoms with E-state index in [9.17, 15) is 4.79 Å². The van der Waals surface area contributed by atoms with Crippen LogP contribution in [0.3, 0.4) is 0 Å². The zero-order valence-corrected chi connectivity index (χ0v) is 10.5. The predicted molar refractivity (Wildman–Crippen MR) is 65.6 cm³/mol. The summed E-state index contributed by atoms with van der Waals surface area (Å²) in [5, 5.41) is 3.72. The summed E-state index contributed by atoms with van der Waals surface area (Å²) in [5.41, 5.74) is 0.945. The molecule has 0 spiro atoms. The van der Waals surface area contributed by atoms with Crippen molar-refractivity contribution in [2.75, 3.05) is 6.61 Å². The van der Waals surface area contributed by atoms with Crippen LogP contribution in [-0.2, 0) is 4.74 Å². The smallest absolute Gasteiger partial charge is 0.407 e. The van der Waals surface area contributed by atoms with Gasteiger partial charge in [0.2, 0.25) is 0 Å². The lowest BCUT2D eigenvalue weighted by atomic mass is 10.0. The van der Waals surface area contributed by atoms with Crippen molar-refractivity contribution in [2.24, 2.45) is 0 Å². The molecule has 6 heteroatoms. The molecule has 1 aliphatic heterocycles. The fraction of sp³-hybridized carbons (Fsp3) is 0.300. The molecular weight excluding hydrogens is 272 g/mol. The molecule has 1 aromatic carbocycles. The zero-order valence-electron chi connectivity index (χ0n) is 8.20. The van der Waals surface area contributed by atoms with E-state index in [2.05, 4.69) is 5.32 Å². The van der Waals surface area contributed by atoms with Gasteiger partial charge in [-0.15, -0.1) is 12.4 Å². The number of rotatable bonds is 1. The van der Waals surface area contributed by atoms with Crippen molar-refractivity contribution in [3.63, 3.8) is 0 Å². The first-order chi connectivity index (χ1) is 7.16. The van der Waals surface area contributed by atoms with E-state index < -0.39 is 6.09 Å². The van der Waals surface area contributed by atoms with E-state index >= 15 is 0 Å². The van der Waals surface area contributed by atoms with Gasteiger partial charge in [0.25, 0.3) is 0 Å². The maximum Gasteiger partial charge on any atom is 0.407 e. The van der Waals surface area contributed by atoms with Gasteiger partial charge >= 0.3 is 6.09 Å². The molecule has 0 saturated carbocycles. The first kappa shape index (κ1) is 13.4. The van der Waals surface area contributed by atoms with Gasteiger partial charge in [0.05, 0.1) is 22.7 Å². The molecule has 1 aromatic rings. The van der Waals surface area contributed by atoms with E-state index in [1.807, 2.05) is 6.07 Å². The Kier molecular flexibility index (Phi) is 4.71. The number of nitrogens with one attached hydrogen (secondary N) is 1. The molecule has 0 unspecified atom stereocenters. The Bertz CT molecular complexity index is 398. The molecule has 2 rings (SSSR count). The Morgan fingerprint density at radius 1 is 1.31 bits per heavy atom. The van der Waals surface area contributed by atoms with Crippen molar-refractivity contribution in [3.05, 3.63) is 33.8 Å². The fourth-order valence-corrected chi connectivity index (χ4v) is 1.81. The summed E-state index contributed by atoms with van der Waals surface area (Å²) in [6, 6.07) is 5.30. The Labute approximate surface area is 109 Å². The highest BCUT2D eigenvalue weighted by Crippen LogP contribution is 2.27. The highest BCUT2D eigenvalue weighted by Gasteiger charge is 2.20. The Balaban J connectivity index is 0.00000128. The van der Waals surface area contributed by atoms with Gasteiger partial charge in [0, 0.05) is 6.42 Å². The van der Waals surface area contributed by atoms with Crippen molar-refractivity contribution in [3.8, 4) is 0 Å². The molecule has 1 saturated heterocycles. The number of halogens is 3. The summed E-state index contributed by atoms with van der Waals surface area (Å²) in [6.45, 7) is 0.427. The molecule has 3 nitrogen and oxygen atoms in total. The molecule has 0 aliphatic carbocycles. The third-order valence-corrected chi connectivity index (χ3v) is 3.02. The second kappa shape index (κ2) is 5.62. The van der Waals surface area contributed by atoms with E-state index in [1.165, 1.54) is 0 Å². The van der Waals surface area contributed by atoms with E-state index in [4.69, 9.17) is 27.9 Å². The van der Waals surface area contributed by atoms with Crippen molar-refractivity contribution < 1.29 is 9.53 Å². The van der Waals surface area contributed by atoms with Crippen LogP contribution in [0, 0.1) is 0 Å². The topological polar surface area (TPSA) is 38.3 Å². The average molecular weight is 283 g/mol. The number of alkyl carbamates (subject to hydrolysis) is 1. The summed E-state index contributed by atoms with van der Waals surface area (Å²) in [4.78, 5) is 11.0. The number of cyclic esters (lactones) is 1. The van der Waals surface area contributed by atoms with E-state index in [0.717, 1.165) is 12.0 Å². The van der Waals surface area contributed by atoms with Crippen LogP contribution in [0.5, 0.6) is 0 Å². The predicted octanol–water partition coefficient (Wildman–Crippen LogP) is 3.59. The standard InChI is InChI=1S/C10H9Cl2NO2.ClH/c11-7-2-1-6(5-8(7)12)9-3-4-15-10(14)13-9;/h1-2,5,9H,3-4H2,(H,13,14);1H/t9-;/m1./s1. The highest BCUT2D eigenvalue weighted by molar-refractivity contribution is 6.42. The Morgan fingerprint density at radius 3 is 2.69 bits per heavy atom. The van der Waals surface area contributed by atoms with Crippen LogP contribution < -0.4 is 5.32 Å². The van der Waals surface area contributed by atoms with Crippen LogP contribution in [0.1, 0.15) is 18.0 Å². The van der Waals surface area contributed by atoms with Crippen molar-refractivity contribution in [2.45, 2.75) is 12.5 Å². The molecule has 1 aliphatic rings. The van der Waals surface area contributed by atoms with Gasteiger partial charge in [-0.05, 0) is 17.7 Å². The van der Waals surface area contributed by atoms with E-state index in [0.29, 0.717) is 16.7 Å². The number of amides is 1. The van der Waals surface area contributed by atoms with Gasteiger partial charge in [-0.3, -0.25) is 0 Å². The Hall–Kier alpha value is -0.640. The number of carbonyl (C=O) groups excluding carboxylic acids is 1. The minimum Gasteiger partial charge on any atom is -0.449 e. The van der Waals surface area contributed by atoms with Crippen LogP contribution >= 0.6 is 35.6 Å². The summed E-state index contributed by atoms with van der Waals surface area (Å²) < 4.78 is 4.77. The molecule has 1 atom stereocenters. The number of hydrogen-bond donors (Lipinski definition) is 1. The van der Waals surface area contributed by atoms with Gasteiger partial charge < -0.3 is 10.1 Å². The molecule has 88 valence electrons. The molecule has 1 fully saturated rings. The number of hydrogen-bond acceptors (Lipinski definition) is 2. The maximum absolute atomic E-state index is 11.0. The monoisotopic (exact) mass is 281 g/mol. The number of benzene rings is 1. The number of ether oxygens (including phenoxy) is 1. The third-order valence-electron chi connectivity index (χ3n) is 2.28. The largest absolute Gasteiger partial charge is 0.449 e. The SMILES string of the molecule is Cl.O=C1N[C@@H](c2ccc(Cl)c(Cl)c2)CCO1. The molecule has 1 N–H and O–H groups in total. The molecule has 16 heavy (non-hydrogen) atoms. The van der Waals surface area contributed by atoms with Crippen LogP contribution in [0.2, 0.25) is 10.0 Å². The number of carbonyl (C=O) groups is 1. The molecule has 0 radical (unpaired) electrons. The lowest BCUT2D eigenvalue weighted by Gasteiger charge is -2.23. The summed E-state index contributed by atoms with van der Waals surface area (Å²) >= 11 is 11.7. The molecule has 0 bridgehead atoms. The second-order valence-corrected chi connectivity index (χ2v) is 4.11. The molecule has 1 amide bonds. The van der Waals surface area contributed by atoms with E-state index in [-0.39, 0.29) is 18.4 Å². The van der Waals surface area contributed by atoms with Crippen LogP contribution in [-0.4, -0.2) is 12.7 Å². The zero-order chi connectivity index (χ0) is 10.8. The average Bonchev–Trinajstić information content (AvgIpc) is 2.22. The lowest BCUT2D eigenvalue weighted by molar-refractivity contribution is 0.115. The quantitative estimate of drug-likeness (QED) is 0.855. The van der Waals surface area contributed by atoms with Crippen LogP contribution in [0.4, 0.5) is 4.79 Å². The molecule has 0 aromatic heterocycles. The first-order valence-corrected chi connectivity index (χ1v) is 5.30. The van der Waals surface area contributed by atoms with Gasteiger partial charge in [0.15, 0.2) is 0 Å². The normalized spacial score (nSPS) is 19.4. The first-order valence-electron chi connectivity index (χ1n) is 4.55. The van der Waals surface area contributed by atoms with Crippen molar-refractivity contribution >= 4 is 41.7 Å². The summed E-state index contributed by atoms with van der Waals surface area (Å²) in [7, 11) is 0. The van der Waals surface area contributed by atoms with Crippen molar-refractivity contribution in [1.29, 1.82) is 0 Å². The molecule has 1 heterocycles. The fourth-order valence-electron chi connectivity index (χ4n) is 1.50. The highest BCUT2D eigenvalue weighted by atomic mass is 35.5. The summed E-state index contributed by atoms with van der Waals surface area (Å²) in [5.74, 6) is 0. The van der Waals surface area contributed by atoms with Gasteiger partial charge in [-0.25, -0.2) is 4.79 Å². The van der Waals surface area contributed by atoms with E-state index in [1.54, 1.807) is 12.1 Å². The van der Waals surface area contributed by atoms with Crippen molar-refractivity contribution in [1.82, 2.24) is 5.32 Å². The minimum absolute atomic E-state index is 0. The minimum atomic E-state index is -0.391. The lowest BCUT2D eigenvalue weighted by Crippen LogP contribution is -2.35. The third kappa shape index (κ3) is 2.94. The second-order valence-electron chi connectivity index (χ2n) is 3.30. The van der Waals surface area contributed by atoms with Crippen LogP contribution in [0.15, 0.2) is 18.2 Å². The van der Waals surface area contributed by atoms with Gasteiger partial charge in [-0.2, -0.15) is 0 Å². The Morgan fingerprint density at radius 2 is 2.06 bits per heavy atom. The maximum atomic E-state index is 11.0. The van der Waals surface area contributed by atoms with Gasteiger partial charge in [-0.1, -0.05) is 29.3 Å².